The smallest absolute Gasteiger partial charge is 0.224 e. The molecule has 0 saturated carbocycles. The fourth-order valence-electron chi connectivity index (χ4n) is 2.22. The number of aromatic nitrogens is 2. The minimum absolute atomic E-state index is 0. The molecular formula is C16H31IN6O. The second-order valence-corrected chi connectivity index (χ2v) is 5.13. The summed E-state index contributed by atoms with van der Waals surface area (Å²) in [6.45, 7) is 10.5. The predicted octanol–water partition coefficient (Wildman–Crippen LogP) is 1.70. The normalized spacial score (nSPS) is 10.9. The number of carbonyl (C=O) groups excluding carboxylic acids is 1. The van der Waals surface area contributed by atoms with Crippen molar-refractivity contribution in [3.05, 3.63) is 18.5 Å². The molecule has 0 unspecified atom stereocenters. The Balaban J connectivity index is 0.00000529. The molecule has 0 spiro atoms. The third kappa shape index (κ3) is 9.09. The SMILES string of the molecule is CCNC(=NCCCn1cccn1)NCCC(=O)N(CC)CC.I. The van der Waals surface area contributed by atoms with Crippen LogP contribution in [-0.4, -0.2) is 59.3 Å². The van der Waals surface area contributed by atoms with Gasteiger partial charge in [-0.3, -0.25) is 14.5 Å². The summed E-state index contributed by atoms with van der Waals surface area (Å²) < 4.78 is 1.90. The maximum atomic E-state index is 12.0. The van der Waals surface area contributed by atoms with Gasteiger partial charge in [-0.25, -0.2) is 0 Å². The van der Waals surface area contributed by atoms with Crippen molar-refractivity contribution < 1.29 is 4.79 Å². The predicted molar refractivity (Wildman–Crippen MR) is 109 cm³/mol. The highest BCUT2D eigenvalue weighted by molar-refractivity contribution is 14.0. The first-order valence-electron chi connectivity index (χ1n) is 8.48. The molecule has 0 saturated heterocycles. The molecule has 2 N–H and O–H groups in total. The van der Waals surface area contributed by atoms with Crippen molar-refractivity contribution in [3.63, 3.8) is 0 Å². The summed E-state index contributed by atoms with van der Waals surface area (Å²) in [4.78, 5) is 18.3. The Morgan fingerprint density at radius 1 is 1.25 bits per heavy atom. The molecule has 0 radical (unpaired) electrons. The van der Waals surface area contributed by atoms with Crippen LogP contribution in [0.25, 0.3) is 0 Å². The number of aliphatic imine (C=N–C) groups is 1. The molecule has 1 aromatic rings. The molecule has 0 fully saturated rings. The Bertz CT molecular complexity index is 459. The lowest BCUT2D eigenvalue weighted by atomic mass is 10.3. The third-order valence-corrected chi connectivity index (χ3v) is 3.47. The number of hydrogen-bond donors (Lipinski definition) is 2. The van der Waals surface area contributed by atoms with Crippen molar-refractivity contribution in [1.82, 2.24) is 25.3 Å². The number of carbonyl (C=O) groups is 1. The van der Waals surface area contributed by atoms with Crippen LogP contribution in [0.3, 0.4) is 0 Å². The van der Waals surface area contributed by atoms with Crippen LogP contribution >= 0.6 is 24.0 Å². The minimum atomic E-state index is 0. The van der Waals surface area contributed by atoms with E-state index in [1.54, 1.807) is 6.20 Å². The van der Waals surface area contributed by atoms with E-state index in [4.69, 9.17) is 0 Å². The number of nitrogens with zero attached hydrogens (tertiary/aromatic N) is 4. The van der Waals surface area contributed by atoms with Gasteiger partial charge in [0.25, 0.3) is 0 Å². The number of hydrogen-bond acceptors (Lipinski definition) is 3. The summed E-state index contributed by atoms with van der Waals surface area (Å²) in [6, 6.07) is 1.92. The maximum Gasteiger partial charge on any atom is 0.224 e. The van der Waals surface area contributed by atoms with E-state index < -0.39 is 0 Å². The first-order chi connectivity index (χ1) is 11.2. The highest BCUT2D eigenvalue weighted by Gasteiger charge is 2.08. The lowest BCUT2D eigenvalue weighted by Gasteiger charge is -2.19. The van der Waals surface area contributed by atoms with E-state index in [1.165, 1.54) is 0 Å². The van der Waals surface area contributed by atoms with E-state index in [-0.39, 0.29) is 29.9 Å². The minimum Gasteiger partial charge on any atom is -0.357 e. The summed E-state index contributed by atoms with van der Waals surface area (Å²) in [5.41, 5.74) is 0. The number of guanidine groups is 1. The van der Waals surface area contributed by atoms with E-state index in [9.17, 15) is 4.79 Å². The van der Waals surface area contributed by atoms with Gasteiger partial charge in [0.2, 0.25) is 5.91 Å². The van der Waals surface area contributed by atoms with Crippen LogP contribution in [0.15, 0.2) is 23.5 Å². The molecule has 0 bridgehead atoms. The Hall–Kier alpha value is -1.32. The monoisotopic (exact) mass is 450 g/mol. The van der Waals surface area contributed by atoms with Gasteiger partial charge in [-0.05, 0) is 33.3 Å². The molecule has 0 aliphatic rings. The number of rotatable bonds is 10. The molecular weight excluding hydrogens is 419 g/mol. The Kier molecular flexibility index (Phi) is 13.3. The zero-order valence-corrected chi connectivity index (χ0v) is 17.3. The standard InChI is InChI=1S/C16H30N6O.HI/c1-4-17-16(18-10-7-13-22-14-8-11-20-22)19-12-9-15(23)21(5-2)6-3;/h8,11,14H,4-7,9-10,12-13H2,1-3H3,(H2,17,18,19);1H. The van der Waals surface area contributed by atoms with Gasteiger partial charge in [-0.2, -0.15) is 5.10 Å². The van der Waals surface area contributed by atoms with Crippen molar-refractivity contribution in [2.24, 2.45) is 4.99 Å². The fraction of sp³-hybridized carbons (Fsp3) is 0.688. The zero-order chi connectivity index (χ0) is 16.9. The van der Waals surface area contributed by atoms with Gasteiger partial charge in [0.1, 0.15) is 0 Å². The maximum absolute atomic E-state index is 12.0. The molecule has 1 aromatic heterocycles. The van der Waals surface area contributed by atoms with Gasteiger partial charge in [0, 0.05) is 58.1 Å². The summed E-state index contributed by atoms with van der Waals surface area (Å²) >= 11 is 0. The average molecular weight is 450 g/mol. The van der Waals surface area contributed by atoms with E-state index in [2.05, 4.69) is 20.7 Å². The topological polar surface area (TPSA) is 74.5 Å². The molecule has 24 heavy (non-hydrogen) atoms. The van der Waals surface area contributed by atoms with Crippen molar-refractivity contribution in [2.75, 3.05) is 32.7 Å². The molecule has 1 rings (SSSR count). The van der Waals surface area contributed by atoms with Crippen molar-refractivity contribution in [2.45, 2.75) is 40.2 Å². The van der Waals surface area contributed by atoms with Gasteiger partial charge < -0.3 is 15.5 Å². The van der Waals surface area contributed by atoms with Gasteiger partial charge in [-0.1, -0.05) is 0 Å². The number of aryl methyl sites for hydroxylation is 1. The number of halogens is 1. The number of nitrogens with one attached hydrogen (secondary N) is 2. The van der Waals surface area contributed by atoms with E-state index >= 15 is 0 Å². The Labute approximate surface area is 162 Å². The summed E-state index contributed by atoms with van der Waals surface area (Å²) in [5.74, 6) is 0.942. The molecule has 0 aliphatic carbocycles. The van der Waals surface area contributed by atoms with Crippen LogP contribution in [0, 0.1) is 0 Å². The van der Waals surface area contributed by atoms with Crippen molar-refractivity contribution in [3.8, 4) is 0 Å². The van der Waals surface area contributed by atoms with E-state index in [1.807, 2.05) is 42.6 Å². The molecule has 0 aromatic carbocycles. The van der Waals surface area contributed by atoms with Crippen LogP contribution in [0.4, 0.5) is 0 Å². The summed E-state index contributed by atoms with van der Waals surface area (Å²) in [7, 11) is 0. The van der Waals surface area contributed by atoms with E-state index in [0.717, 1.165) is 45.1 Å². The van der Waals surface area contributed by atoms with Crippen LogP contribution in [0.1, 0.15) is 33.6 Å². The largest absolute Gasteiger partial charge is 0.357 e. The van der Waals surface area contributed by atoms with Crippen LogP contribution in [0.2, 0.25) is 0 Å². The van der Waals surface area contributed by atoms with Gasteiger partial charge in [0.15, 0.2) is 5.96 Å². The van der Waals surface area contributed by atoms with Crippen molar-refractivity contribution in [1.29, 1.82) is 0 Å². The van der Waals surface area contributed by atoms with Gasteiger partial charge in [0.05, 0.1) is 0 Å². The quantitative estimate of drug-likeness (QED) is 0.246. The Morgan fingerprint density at radius 2 is 2.00 bits per heavy atom. The molecule has 8 heteroatoms. The molecule has 0 aliphatic heterocycles. The first kappa shape index (κ1) is 22.7. The first-order valence-corrected chi connectivity index (χ1v) is 8.48. The molecule has 7 nitrogen and oxygen atoms in total. The van der Waals surface area contributed by atoms with Crippen molar-refractivity contribution >= 4 is 35.8 Å². The lowest BCUT2D eigenvalue weighted by Crippen LogP contribution is -2.40. The summed E-state index contributed by atoms with van der Waals surface area (Å²) in [5, 5.41) is 10.6. The van der Waals surface area contributed by atoms with Gasteiger partial charge in [-0.15, -0.1) is 24.0 Å². The lowest BCUT2D eigenvalue weighted by molar-refractivity contribution is -0.130. The second kappa shape index (κ2) is 14.1. The van der Waals surface area contributed by atoms with Gasteiger partial charge >= 0.3 is 0 Å². The van der Waals surface area contributed by atoms with Crippen LogP contribution in [-0.2, 0) is 11.3 Å². The zero-order valence-electron chi connectivity index (χ0n) is 15.0. The highest BCUT2D eigenvalue weighted by atomic mass is 127. The summed E-state index contributed by atoms with van der Waals surface area (Å²) in [6.07, 6.45) is 5.14. The third-order valence-electron chi connectivity index (χ3n) is 3.47. The van der Waals surface area contributed by atoms with E-state index in [0.29, 0.717) is 13.0 Å². The van der Waals surface area contributed by atoms with Crippen LogP contribution in [0.5, 0.6) is 0 Å². The second-order valence-electron chi connectivity index (χ2n) is 5.13. The Morgan fingerprint density at radius 3 is 2.58 bits per heavy atom. The molecule has 0 atom stereocenters. The molecule has 138 valence electrons. The average Bonchev–Trinajstić information content (AvgIpc) is 3.06. The fourth-order valence-corrected chi connectivity index (χ4v) is 2.22. The molecule has 1 heterocycles. The molecule has 1 amide bonds. The number of amides is 1. The highest BCUT2D eigenvalue weighted by Crippen LogP contribution is 1.93. The van der Waals surface area contributed by atoms with Crippen LogP contribution < -0.4 is 10.6 Å².